The molecule has 0 bridgehead atoms. The molecule has 0 saturated heterocycles. The monoisotopic (exact) mass is 423 g/mol. The Morgan fingerprint density at radius 1 is 0.933 bits per heavy atom. The number of fused-ring (bicyclic) bond motifs is 2. The highest BCUT2D eigenvalue weighted by Gasteiger charge is 2.42. The Labute approximate surface area is 173 Å². The van der Waals surface area contributed by atoms with Crippen LogP contribution in [0.25, 0.3) is 0 Å². The number of rotatable bonds is 4. The molecule has 2 aliphatic rings. The molecule has 0 unspecified atom stereocenters. The standard InChI is InChI=1S/C22H17NO6S/c1-13(24)23-14-9-11-15(12-10-14)29-30(27,28)19-8-4-7-18-20(19)22(26)17-6-3-2-5-16(17)21(18)25/h2-12,16-17H,1H3,(H,23,24)/t16-,17+/m1/s1. The van der Waals surface area contributed by atoms with Crippen molar-refractivity contribution in [3.8, 4) is 5.75 Å². The van der Waals surface area contributed by atoms with Crippen molar-refractivity contribution >= 4 is 33.3 Å². The van der Waals surface area contributed by atoms with Crippen LogP contribution in [0.3, 0.4) is 0 Å². The third-order valence-corrected chi connectivity index (χ3v) is 6.22. The summed E-state index contributed by atoms with van der Waals surface area (Å²) in [5, 5.41) is 2.57. The Kier molecular flexibility index (Phi) is 4.87. The van der Waals surface area contributed by atoms with Gasteiger partial charge in [-0.05, 0) is 30.3 Å². The number of anilines is 1. The van der Waals surface area contributed by atoms with Crippen LogP contribution in [0.4, 0.5) is 5.69 Å². The molecule has 2 atom stereocenters. The number of nitrogens with one attached hydrogen (secondary N) is 1. The van der Waals surface area contributed by atoms with Crippen LogP contribution in [0.15, 0.2) is 71.7 Å². The SMILES string of the molecule is CC(=O)Nc1ccc(OS(=O)(=O)c2cccc3c2C(=O)[C@H]2C=CC=C[C@H]2C3=O)cc1. The molecule has 0 spiro atoms. The van der Waals surface area contributed by atoms with Gasteiger partial charge in [0, 0.05) is 18.2 Å². The van der Waals surface area contributed by atoms with E-state index >= 15 is 0 Å². The van der Waals surface area contributed by atoms with Crippen molar-refractivity contribution in [3.05, 3.63) is 77.9 Å². The van der Waals surface area contributed by atoms with E-state index < -0.39 is 27.7 Å². The highest BCUT2D eigenvalue weighted by Crippen LogP contribution is 2.37. The van der Waals surface area contributed by atoms with Gasteiger partial charge in [-0.15, -0.1) is 0 Å². The van der Waals surface area contributed by atoms with E-state index in [9.17, 15) is 22.8 Å². The summed E-state index contributed by atoms with van der Waals surface area (Å²) in [5.41, 5.74) is 0.416. The molecule has 0 aliphatic heterocycles. The topological polar surface area (TPSA) is 107 Å². The van der Waals surface area contributed by atoms with Gasteiger partial charge < -0.3 is 9.50 Å². The fourth-order valence-corrected chi connectivity index (χ4v) is 4.78. The lowest BCUT2D eigenvalue weighted by atomic mass is 9.72. The van der Waals surface area contributed by atoms with Gasteiger partial charge in [0.2, 0.25) is 5.91 Å². The smallest absolute Gasteiger partial charge is 0.339 e. The second kappa shape index (κ2) is 7.38. The molecule has 4 rings (SSSR count). The predicted octanol–water partition coefficient (Wildman–Crippen LogP) is 3.15. The summed E-state index contributed by atoms with van der Waals surface area (Å²) in [6.45, 7) is 1.35. The number of ketones is 2. The molecule has 2 aromatic rings. The van der Waals surface area contributed by atoms with Crippen molar-refractivity contribution in [1.29, 1.82) is 0 Å². The Morgan fingerprint density at radius 2 is 1.57 bits per heavy atom. The Hall–Kier alpha value is -3.52. The fourth-order valence-electron chi connectivity index (χ4n) is 3.62. The van der Waals surface area contributed by atoms with Crippen molar-refractivity contribution in [2.75, 3.05) is 5.32 Å². The van der Waals surface area contributed by atoms with Crippen LogP contribution < -0.4 is 9.50 Å². The summed E-state index contributed by atoms with van der Waals surface area (Å²) in [7, 11) is -4.39. The summed E-state index contributed by atoms with van der Waals surface area (Å²) < 4.78 is 31.1. The van der Waals surface area contributed by atoms with E-state index in [1.807, 2.05) is 0 Å². The first-order valence-corrected chi connectivity index (χ1v) is 10.6. The predicted molar refractivity (Wildman–Crippen MR) is 109 cm³/mol. The van der Waals surface area contributed by atoms with Crippen molar-refractivity contribution in [1.82, 2.24) is 0 Å². The number of benzene rings is 2. The zero-order chi connectivity index (χ0) is 21.5. The normalized spacial score (nSPS) is 19.8. The highest BCUT2D eigenvalue weighted by molar-refractivity contribution is 7.87. The Morgan fingerprint density at radius 3 is 2.20 bits per heavy atom. The zero-order valence-electron chi connectivity index (χ0n) is 15.9. The van der Waals surface area contributed by atoms with E-state index in [1.165, 1.54) is 49.4 Å². The molecule has 0 radical (unpaired) electrons. The third-order valence-electron chi connectivity index (χ3n) is 4.93. The molecule has 152 valence electrons. The minimum Gasteiger partial charge on any atom is -0.379 e. The number of amides is 1. The first-order valence-electron chi connectivity index (χ1n) is 9.16. The van der Waals surface area contributed by atoms with Crippen molar-refractivity contribution in [2.24, 2.45) is 11.8 Å². The molecular formula is C22H17NO6S. The number of carbonyl (C=O) groups excluding carboxylic acids is 3. The van der Waals surface area contributed by atoms with Crippen LogP contribution in [0.2, 0.25) is 0 Å². The van der Waals surface area contributed by atoms with Crippen LogP contribution in [0.1, 0.15) is 27.6 Å². The van der Waals surface area contributed by atoms with Gasteiger partial charge >= 0.3 is 10.1 Å². The van der Waals surface area contributed by atoms with Crippen molar-refractivity contribution < 1.29 is 27.0 Å². The summed E-state index contributed by atoms with van der Waals surface area (Å²) in [4.78, 5) is 36.7. The van der Waals surface area contributed by atoms with Crippen LogP contribution in [-0.4, -0.2) is 25.9 Å². The second-order valence-electron chi connectivity index (χ2n) is 6.97. The van der Waals surface area contributed by atoms with E-state index in [2.05, 4.69) is 5.32 Å². The maximum absolute atomic E-state index is 13.1. The van der Waals surface area contributed by atoms with Gasteiger partial charge in [0.1, 0.15) is 10.6 Å². The summed E-state index contributed by atoms with van der Waals surface area (Å²) in [6.07, 6.45) is 6.63. The second-order valence-corrected chi connectivity index (χ2v) is 8.49. The van der Waals surface area contributed by atoms with E-state index in [1.54, 1.807) is 24.3 Å². The van der Waals surface area contributed by atoms with Gasteiger partial charge in [0.25, 0.3) is 0 Å². The van der Waals surface area contributed by atoms with Crippen LogP contribution in [0.5, 0.6) is 5.75 Å². The maximum atomic E-state index is 13.1. The lowest BCUT2D eigenvalue weighted by molar-refractivity contribution is -0.114. The van der Waals surface area contributed by atoms with Gasteiger partial charge in [0.15, 0.2) is 11.6 Å². The molecule has 2 aliphatic carbocycles. The molecule has 2 aromatic carbocycles. The number of allylic oxidation sites excluding steroid dienone is 4. The van der Waals surface area contributed by atoms with Gasteiger partial charge in [0.05, 0.1) is 17.4 Å². The number of Topliss-reactive ketones (excluding diaryl/α,β-unsaturated/α-hetero) is 2. The average Bonchev–Trinajstić information content (AvgIpc) is 2.72. The molecule has 0 heterocycles. The van der Waals surface area contributed by atoms with Gasteiger partial charge in [-0.3, -0.25) is 14.4 Å². The molecule has 0 fully saturated rings. The highest BCUT2D eigenvalue weighted by atomic mass is 32.2. The maximum Gasteiger partial charge on any atom is 0.339 e. The Balaban J connectivity index is 1.71. The molecule has 1 amide bonds. The molecule has 0 saturated carbocycles. The zero-order valence-corrected chi connectivity index (χ0v) is 16.7. The van der Waals surface area contributed by atoms with Gasteiger partial charge in [-0.2, -0.15) is 8.42 Å². The summed E-state index contributed by atoms with van der Waals surface area (Å²) in [6, 6.07) is 9.89. The number of carbonyl (C=O) groups is 3. The van der Waals surface area contributed by atoms with Crippen LogP contribution in [-0.2, 0) is 14.9 Å². The van der Waals surface area contributed by atoms with Crippen LogP contribution >= 0.6 is 0 Å². The minimum absolute atomic E-state index is 0.00895. The molecule has 8 heteroatoms. The third kappa shape index (κ3) is 3.46. The van der Waals surface area contributed by atoms with Gasteiger partial charge in [-0.25, -0.2) is 0 Å². The number of hydrogen-bond donors (Lipinski definition) is 1. The van der Waals surface area contributed by atoms with E-state index in [0.717, 1.165) is 0 Å². The Bertz CT molecular complexity index is 1220. The summed E-state index contributed by atoms with van der Waals surface area (Å²) >= 11 is 0. The lowest BCUT2D eigenvalue weighted by Crippen LogP contribution is -2.36. The lowest BCUT2D eigenvalue weighted by Gasteiger charge is -2.29. The molecule has 30 heavy (non-hydrogen) atoms. The van der Waals surface area contributed by atoms with E-state index in [0.29, 0.717) is 5.69 Å². The average molecular weight is 423 g/mol. The first-order chi connectivity index (χ1) is 14.3. The quantitative estimate of drug-likeness (QED) is 0.757. The fraction of sp³-hybridized carbons (Fsp3) is 0.136. The molecular weight excluding hydrogens is 406 g/mol. The molecule has 7 nitrogen and oxygen atoms in total. The van der Waals surface area contributed by atoms with E-state index in [-0.39, 0.29) is 33.5 Å². The first kappa shape index (κ1) is 19.8. The van der Waals surface area contributed by atoms with Gasteiger partial charge in [-0.1, -0.05) is 36.4 Å². The molecule has 0 aromatic heterocycles. The van der Waals surface area contributed by atoms with E-state index in [4.69, 9.17) is 4.18 Å². The van der Waals surface area contributed by atoms with Crippen molar-refractivity contribution in [2.45, 2.75) is 11.8 Å². The minimum atomic E-state index is -4.39. The molecule has 1 N–H and O–H groups in total. The van der Waals surface area contributed by atoms with Crippen molar-refractivity contribution in [3.63, 3.8) is 0 Å². The number of hydrogen-bond acceptors (Lipinski definition) is 6. The van der Waals surface area contributed by atoms with Crippen LogP contribution in [0, 0.1) is 11.8 Å². The summed E-state index contributed by atoms with van der Waals surface area (Å²) in [5.74, 6) is -2.35. The largest absolute Gasteiger partial charge is 0.379 e.